The molecule has 0 atom stereocenters. The van der Waals surface area contributed by atoms with Gasteiger partial charge < -0.3 is 9.15 Å². The van der Waals surface area contributed by atoms with Gasteiger partial charge in [-0.1, -0.05) is 43.0 Å². The second kappa shape index (κ2) is 6.09. The molecule has 0 saturated heterocycles. The van der Waals surface area contributed by atoms with E-state index in [2.05, 4.69) is 11.6 Å². The van der Waals surface area contributed by atoms with Crippen LogP contribution in [-0.2, 0) is 0 Å². The molecule has 3 aromatic rings. The Bertz CT molecular complexity index is 714. The van der Waals surface area contributed by atoms with Crippen molar-refractivity contribution in [2.24, 2.45) is 0 Å². The molecule has 2 aromatic carbocycles. The van der Waals surface area contributed by atoms with Gasteiger partial charge in [-0.3, -0.25) is 0 Å². The number of rotatable bonds is 5. The fourth-order valence-electron chi connectivity index (χ4n) is 1.99. The molecule has 0 N–H and O–H groups in total. The maximum atomic E-state index is 5.81. The van der Waals surface area contributed by atoms with Crippen LogP contribution in [0.3, 0.4) is 0 Å². The van der Waals surface area contributed by atoms with Gasteiger partial charge in [0.25, 0.3) is 0 Å². The van der Waals surface area contributed by atoms with Gasteiger partial charge in [0.05, 0.1) is 6.20 Å². The first kappa shape index (κ1) is 13.2. The largest absolute Gasteiger partial charge is 0.490 e. The van der Waals surface area contributed by atoms with Gasteiger partial charge in [-0.15, -0.1) is 0 Å². The van der Waals surface area contributed by atoms with Crippen molar-refractivity contribution in [2.45, 2.75) is 0 Å². The van der Waals surface area contributed by atoms with E-state index in [1.165, 1.54) is 0 Å². The Morgan fingerprint density at radius 1 is 1.00 bits per heavy atom. The highest BCUT2D eigenvalue weighted by Crippen LogP contribution is 2.26. The van der Waals surface area contributed by atoms with Gasteiger partial charge in [0, 0.05) is 11.1 Å². The Labute approximate surface area is 123 Å². The lowest BCUT2D eigenvalue weighted by Crippen LogP contribution is -1.92. The molecule has 0 fully saturated rings. The first-order valence-electron chi connectivity index (χ1n) is 6.72. The van der Waals surface area contributed by atoms with E-state index in [1.807, 2.05) is 54.6 Å². The summed E-state index contributed by atoms with van der Waals surface area (Å²) in [6, 6.07) is 17.6. The molecular formula is C18H15NO2. The van der Waals surface area contributed by atoms with Crippen molar-refractivity contribution >= 4 is 0 Å². The number of aromatic nitrogens is 1. The maximum absolute atomic E-state index is 5.81. The van der Waals surface area contributed by atoms with E-state index >= 15 is 0 Å². The number of hydrogen-bond acceptors (Lipinski definition) is 3. The first-order valence-corrected chi connectivity index (χ1v) is 6.72. The van der Waals surface area contributed by atoms with Crippen molar-refractivity contribution in [3.8, 4) is 28.5 Å². The van der Waals surface area contributed by atoms with Crippen molar-refractivity contribution in [3.05, 3.63) is 73.4 Å². The Hall–Kier alpha value is -2.81. The zero-order valence-electron chi connectivity index (χ0n) is 11.5. The minimum Gasteiger partial charge on any atom is -0.490 e. The van der Waals surface area contributed by atoms with Crippen molar-refractivity contribution in [2.75, 3.05) is 6.61 Å². The predicted octanol–water partition coefficient (Wildman–Crippen LogP) is 4.57. The Kier molecular flexibility index (Phi) is 3.83. The van der Waals surface area contributed by atoms with Crippen LogP contribution in [0.4, 0.5) is 0 Å². The summed E-state index contributed by atoms with van der Waals surface area (Å²) < 4.78 is 11.3. The summed E-state index contributed by atoms with van der Waals surface area (Å²) in [5.41, 5.74) is 1.94. The normalized spacial score (nSPS) is 10.3. The lowest BCUT2D eigenvalue weighted by molar-refractivity contribution is 0.363. The highest BCUT2D eigenvalue weighted by Gasteiger charge is 2.08. The summed E-state index contributed by atoms with van der Waals surface area (Å²) in [6.45, 7) is 4.12. The summed E-state index contributed by atoms with van der Waals surface area (Å²) >= 11 is 0. The molecule has 3 heteroatoms. The minimum atomic E-state index is 0.497. The van der Waals surface area contributed by atoms with Crippen LogP contribution in [-0.4, -0.2) is 11.6 Å². The fourth-order valence-corrected chi connectivity index (χ4v) is 1.99. The number of benzene rings is 2. The topological polar surface area (TPSA) is 35.3 Å². The molecule has 1 heterocycles. The summed E-state index contributed by atoms with van der Waals surface area (Å²) in [6.07, 6.45) is 3.46. The highest BCUT2D eigenvalue weighted by atomic mass is 16.5. The minimum absolute atomic E-state index is 0.497. The zero-order valence-corrected chi connectivity index (χ0v) is 11.5. The van der Waals surface area contributed by atoms with Gasteiger partial charge >= 0.3 is 0 Å². The van der Waals surface area contributed by atoms with Gasteiger partial charge in [0.2, 0.25) is 5.89 Å². The fraction of sp³-hybridized carbons (Fsp3) is 0.0556. The van der Waals surface area contributed by atoms with E-state index in [-0.39, 0.29) is 0 Å². The quantitative estimate of drug-likeness (QED) is 0.641. The Balaban J connectivity index is 1.81. The van der Waals surface area contributed by atoms with E-state index in [9.17, 15) is 0 Å². The van der Waals surface area contributed by atoms with Crippen LogP contribution in [0.2, 0.25) is 0 Å². The summed E-state index contributed by atoms with van der Waals surface area (Å²) in [5, 5.41) is 0. The van der Waals surface area contributed by atoms with Gasteiger partial charge in [-0.2, -0.15) is 0 Å². The summed E-state index contributed by atoms with van der Waals surface area (Å²) in [4.78, 5) is 4.33. The summed E-state index contributed by atoms with van der Waals surface area (Å²) in [5.74, 6) is 2.16. The molecule has 1 aromatic heterocycles. The van der Waals surface area contributed by atoms with E-state index in [1.54, 1.807) is 12.3 Å². The van der Waals surface area contributed by atoms with Gasteiger partial charge in [0.1, 0.15) is 12.4 Å². The second-order valence-electron chi connectivity index (χ2n) is 4.52. The Morgan fingerprint density at radius 2 is 1.76 bits per heavy atom. The van der Waals surface area contributed by atoms with E-state index in [0.717, 1.165) is 22.6 Å². The summed E-state index contributed by atoms with van der Waals surface area (Å²) in [7, 11) is 0. The second-order valence-corrected chi connectivity index (χ2v) is 4.52. The van der Waals surface area contributed by atoms with Crippen molar-refractivity contribution in [1.29, 1.82) is 0 Å². The van der Waals surface area contributed by atoms with E-state index in [0.29, 0.717) is 12.5 Å². The van der Waals surface area contributed by atoms with Crippen LogP contribution in [0.1, 0.15) is 0 Å². The van der Waals surface area contributed by atoms with Gasteiger partial charge in [0.15, 0.2) is 5.76 Å². The number of ether oxygens (including phenoxy) is 1. The lowest BCUT2D eigenvalue weighted by atomic mass is 10.2. The average molecular weight is 277 g/mol. The highest BCUT2D eigenvalue weighted by molar-refractivity contribution is 5.61. The number of hydrogen-bond donors (Lipinski definition) is 0. The van der Waals surface area contributed by atoms with Crippen LogP contribution in [0.15, 0.2) is 77.9 Å². The molecule has 0 aliphatic rings. The number of nitrogens with zero attached hydrogens (tertiary/aromatic N) is 1. The van der Waals surface area contributed by atoms with E-state index in [4.69, 9.17) is 9.15 Å². The monoisotopic (exact) mass is 277 g/mol. The molecule has 0 spiro atoms. The van der Waals surface area contributed by atoms with Gasteiger partial charge in [-0.05, 0) is 24.3 Å². The molecule has 0 bridgehead atoms. The molecule has 0 amide bonds. The average Bonchev–Trinajstić information content (AvgIpc) is 3.04. The zero-order chi connectivity index (χ0) is 14.5. The molecule has 3 rings (SSSR count). The third kappa shape index (κ3) is 3.03. The van der Waals surface area contributed by atoms with Crippen LogP contribution in [0, 0.1) is 0 Å². The molecule has 0 saturated carbocycles. The number of oxazole rings is 1. The maximum Gasteiger partial charge on any atom is 0.226 e. The molecule has 0 aliphatic heterocycles. The third-order valence-electron chi connectivity index (χ3n) is 3.03. The van der Waals surface area contributed by atoms with Crippen LogP contribution in [0.5, 0.6) is 5.75 Å². The van der Waals surface area contributed by atoms with E-state index < -0.39 is 0 Å². The predicted molar refractivity (Wildman–Crippen MR) is 83.1 cm³/mol. The van der Waals surface area contributed by atoms with Crippen LogP contribution < -0.4 is 4.74 Å². The standard InChI is InChI=1S/C18H15NO2/c1-2-12-20-16-10-8-15(9-11-16)18-19-13-17(21-18)14-6-4-3-5-7-14/h2-11,13H,1,12H2. The molecular weight excluding hydrogens is 262 g/mol. The SMILES string of the molecule is C=CCOc1ccc(-c2ncc(-c3ccccc3)o2)cc1. The van der Waals surface area contributed by atoms with Crippen molar-refractivity contribution in [1.82, 2.24) is 4.98 Å². The first-order chi connectivity index (χ1) is 10.4. The smallest absolute Gasteiger partial charge is 0.226 e. The van der Waals surface area contributed by atoms with Gasteiger partial charge in [-0.25, -0.2) is 4.98 Å². The Morgan fingerprint density at radius 3 is 2.48 bits per heavy atom. The van der Waals surface area contributed by atoms with Crippen molar-refractivity contribution in [3.63, 3.8) is 0 Å². The van der Waals surface area contributed by atoms with Crippen LogP contribution >= 0.6 is 0 Å². The molecule has 21 heavy (non-hydrogen) atoms. The molecule has 0 unspecified atom stereocenters. The third-order valence-corrected chi connectivity index (χ3v) is 3.03. The van der Waals surface area contributed by atoms with Crippen LogP contribution in [0.25, 0.3) is 22.8 Å². The molecule has 0 radical (unpaired) electrons. The van der Waals surface area contributed by atoms with Crippen molar-refractivity contribution < 1.29 is 9.15 Å². The molecule has 104 valence electrons. The molecule has 0 aliphatic carbocycles. The molecule has 3 nitrogen and oxygen atoms in total. The lowest BCUT2D eigenvalue weighted by Gasteiger charge is -2.03.